The highest BCUT2D eigenvalue weighted by atomic mass is 32.3. The van der Waals surface area contributed by atoms with E-state index >= 15 is 0 Å². The number of piperidine rings is 1. The molecule has 0 unspecified atom stereocenters. The number of amides is 3. The number of fused-ring (bicyclic) bond motifs is 2. The molecule has 3 fully saturated rings. The Kier molecular flexibility index (Phi) is 6.29. The number of nitrogens with zero attached hydrogens (tertiary/aromatic N) is 5. The predicted octanol–water partition coefficient (Wildman–Crippen LogP) is 1.93. The average Bonchev–Trinajstić information content (AvgIpc) is 3.22. The lowest BCUT2D eigenvalue weighted by atomic mass is 9.80. The van der Waals surface area contributed by atoms with E-state index in [1.807, 2.05) is 0 Å². The Morgan fingerprint density at radius 2 is 1.91 bits per heavy atom. The number of nitrogens with one attached hydrogen (secondary N) is 1. The van der Waals surface area contributed by atoms with Crippen molar-refractivity contribution in [1.29, 1.82) is 0 Å². The van der Waals surface area contributed by atoms with E-state index in [1.54, 1.807) is 27.7 Å². The number of amidine groups is 1. The number of aromatic nitrogens is 2. The maximum atomic E-state index is 12.6. The fourth-order valence-electron chi connectivity index (χ4n) is 4.29. The molecule has 3 amide bonds. The topological polar surface area (TPSA) is 177 Å². The molecular weight excluding hydrogens is 472 g/mol. The van der Waals surface area contributed by atoms with Gasteiger partial charge in [-0.25, -0.2) is 9.59 Å². The van der Waals surface area contributed by atoms with Crippen LogP contribution in [0.4, 0.5) is 9.59 Å². The second kappa shape index (κ2) is 8.78. The van der Waals surface area contributed by atoms with Gasteiger partial charge in [-0.05, 0) is 53.4 Å². The van der Waals surface area contributed by atoms with Gasteiger partial charge in [0.15, 0.2) is 0 Å². The van der Waals surface area contributed by atoms with Crippen molar-refractivity contribution >= 4 is 28.4 Å². The molecule has 4 rings (SSSR count). The van der Waals surface area contributed by atoms with E-state index in [9.17, 15) is 18.0 Å². The van der Waals surface area contributed by atoms with E-state index in [1.165, 1.54) is 4.90 Å². The van der Waals surface area contributed by atoms with Crippen LogP contribution in [0, 0.1) is 0 Å². The minimum absolute atomic E-state index is 0.00276. The third-order valence-corrected chi connectivity index (χ3v) is 6.11. The molecule has 188 valence electrons. The number of carbonyl (C=O) groups excluding carboxylic acids is 2. The molecule has 2 N–H and O–H groups in total. The summed E-state index contributed by atoms with van der Waals surface area (Å²) in [6, 6.07) is -1.68. The summed E-state index contributed by atoms with van der Waals surface area (Å²) in [5.41, 5.74) is -0.595. The van der Waals surface area contributed by atoms with E-state index in [0.29, 0.717) is 42.5 Å². The van der Waals surface area contributed by atoms with Gasteiger partial charge < -0.3 is 14.1 Å². The first kappa shape index (κ1) is 24.3. The van der Waals surface area contributed by atoms with Crippen molar-refractivity contribution in [3.8, 4) is 0 Å². The standard InChI is InChI=1S/C19H28N6O8S/c1-10(21-17(26)32-19(2,3)4)20-12-7-11(8-12)15-22-23-16(31-15)14-6-5-13-9-24(14)18(27)25(13)33-34(28,29)30/h11-14H,5-9H2,1-4H3,(H,20,21,26)(H,28,29,30)/t11?,12?,13-,14+/m1/s1. The molecule has 0 aromatic carbocycles. The molecule has 3 heterocycles. The highest BCUT2D eigenvalue weighted by Gasteiger charge is 2.49. The summed E-state index contributed by atoms with van der Waals surface area (Å²) in [6.07, 6.45) is 1.71. The summed E-state index contributed by atoms with van der Waals surface area (Å²) in [5.74, 6) is 1.18. The first-order chi connectivity index (χ1) is 15.8. The number of hydrogen-bond acceptors (Lipinski definition) is 10. The van der Waals surface area contributed by atoms with Gasteiger partial charge in [0.25, 0.3) is 0 Å². The predicted molar refractivity (Wildman–Crippen MR) is 115 cm³/mol. The van der Waals surface area contributed by atoms with Gasteiger partial charge in [0.2, 0.25) is 11.8 Å². The lowest BCUT2D eigenvalue weighted by Gasteiger charge is -2.30. The minimum Gasteiger partial charge on any atom is -0.444 e. The van der Waals surface area contributed by atoms with E-state index in [-0.39, 0.29) is 24.4 Å². The molecule has 0 radical (unpaired) electrons. The first-order valence-electron chi connectivity index (χ1n) is 10.9. The molecule has 2 bridgehead atoms. The Morgan fingerprint density at radius 3 is 2.56 bits per heavy atom. The first-order valence-corrected chi connectivity index (χ1v) is 12.3. The maximum absolute atomic E-state index is 12.6. The van der Waals surface area contributed by atoms with Crippen LogP contribution < -0.4 is 5.32 Å². The maximum Gasteiger partial charge on any atom is 0.418 e. The monoisotopic (exact) mass is 500 g/mol. The average molecular weight is 501 g/mol. The van der Waals surface area contributed by atoms with Gasteiger partial charge in [-0.2, -0.15) is 13.5 Å². The van der Waals surface area contributed by atoms with Gasteiger partial charge in [0.05, 0.1) is 12.1 Å². The van der Waals surface area contributed by atoms with Crippen molar-refractivity contribution in [2.75, 3.05) is 6.54 Å². The van der Waals surface area contributed by atoms with E-state index in [2.05, 4.69) is 24.8 Å². The number of rotatable bonds is 5. The SMILES string of the molecule is CC(=NC1CC(c2nnc([C@@H]3CC[C@@H]4CN3C(=O)N4OS(=O)(=O)O)o2)C1)NC(=O)OC(C)(C)C. The zero-order valence-electron chi connectivity index (χ0n) is 19.3. The minimum atomic E-state index is -4.81. The van der Waals surface area contributed by atoms with Gasteiger partial charge in [0, 0.05) is 12.5 Å². The van der Waals surface area contributed by atoms with Crippen LogP contribution >= 0.6 is 0 Å². The Hall–Kier alpha value is -2.78. The molecule has 3 aliphatic rings. The van der Waals surface area contributed by atoms with Crippen molar-refractivity contribution in [1.82, 2.24) is 25.5 Å². The van der Waals surface area contributed by atoms with Crippen LogP contribution in [0.3, 0.4) is 0 Å². The Labute approximate surface area is 196 Å². The highest BCUT2D eigenvalue weighted by molar-refractivity contribution is 7.80. The van der Waals surface area contributed by atoms with Crippen LogP contribution in [0.1, 0.15) is 77.1 Å². The van der Waals surface area contributed by atoms with Gasteiger partial charge in [-0.15, -0.1) is 14.5 Å². The quantitative estimate of drug-likeness (QED) is 0.345. The number of hydroxylamine groups is 2. The zero-order chi connectivity index (χ0) is 24.8. The summed E-state index contributed by atoms with van der Waals surface area (Å²) in [7, 11) is -4.81. The van der Waals surface area contributed by atoms with Gasteiger partial charge in [0.1, 0.15) is 17.5 Å². The number of urea groups is 1. The van der Waals surface area contributed by atoms with Crippen LogP contribution in [0.5, 0.6) is 0 Å². The molecule has 2 atom stereocenters. The lowest BCUT2D eigenvalue weighted by Crippen LogP contribution is -2.36. The number of aliphatic imine (C=N–C) groups is 1. The third-order valence-electron chi connectivity index (χ3n) is 5.76. The fraction of sp³-hybridized carbons (Fsp3) is 0.737. The van der Waals surface area contributed by atoms with Crippen LogP contribution in [0.15, 0.2) is 9.41 Å². The molecule has 0 spiro atoms. The lowest BCUT2D eigenvalue weighted by molar-refractivity contribution is -0.0317. The second-order valence-electron chi connectivity index (χ2n) is 9.65. The van der Waals surface area contributed by atoms with Crippen molar-refractivity contribution in [2.24, 2.45) is 4.99 Å². The fourth-order valence-corrected chi connectivity index (χ4v) is 4.68. The summed E-state index contributed by atoms with van der Waals surface area (Å²) in [4.78, 5) is 30.3. The molecule has 15 heteroatoms. The third kappa shape index (κ3) is 5.47. The van der Waals surface area contributed by atoms with Gasteiger partial charge in [-0.3, -0.25) is 14.9 Å². The second-order valence-corrected chi connectivity index (χ2v) is 10.7. The molecule has 14 nitrogen and oxygen atoms in total. The normalized spacial score (nSPS) is 27.6. The Morgan fingerprint density at radius 1 is 1.24 bits per heavy atom. The van der Waals surface area contributed by atoms with E-state index < -0.39 is 40.2 Å². The van der Waals surface area contributed by atoms with Crippen LogP contribution in [0.2, 0.25) is 0 Å². The number of ether oxygens (including phenoxy) is 1. The smallest absolute Gasteiger partial charge is 0.418 e. The largest absolute Gasteiger partial charge is 0.444 e. The highest BCUT2D eigenvalue weighted by Crippen LogP contribution is 2.41. The van der Waals surface area contributed by atoms with E-state index in [0.717, 1.165) is 0 Å². The molecule has 2 aliphatic heterocycles. The Bertz CT molecular complexity index is 1090. The summed E-state index contributed by atoms with van der Waals surface area (Å²) >= 11 is 0. The number of hydrogen-bond donors (Lipinski definition) is 2. The van der Waals surface area contributed by atoms with Crippen molar-refractivity contribution in [3.63, 3.8) is 0 Å². The van der Waals surface area contributed by atoms with Gasteiger partial charge >= 0.3 is 22.5 Å². The van der Waals surface area contributed by atoms with Gasteiger partial charge in [-0.1, -0.05) is 0 Å². The van der Waals surface area contributed by atoms with Crippen LogP contribution in [0.25, 0.3) is 0 Å². The summed E-state index contributed by atoms with van der Waals surface area (Å²) in [6.45, 7) is 7.26. The summed E-state index contributed by atoms with van der Waals surface area (Å²) in [5, 5.41) is 11.5. The molecule has 1 aromatic rings. The van der Waals surface area contributed by atoms with Crippen molar-refractivity contribution in [2.45, 2.75) is 83.0 Å². The molecular formula is C19H28N6O8S. The van der Waals surface area contributed by atoms with Crippen LogP contribution in [-0.4, -0.2) is 75.3 Å². The molecule has 1 aliphatic carbocycles. The molecule has 2 saturated heterocycles. The summed E-state index contributed by atoms with van der Waals surface area (Å²) < 4.78 is 46.5. The number of alkyl carbamates (subject to hydrolysis) is 1. The van der Waals surface area contributed by atoms with Crippen molar-refractivity contribution < 1.29 is 36.0 Å². The van der Waals surface area contributed by atoms with E-state index in [4.69, 9.17) is 13.7 Å². The van der Waals surface area contributed by atoms with Crippen molar-refractivity contribution in [3.05, 3.63) is 11.8 Å². The Balaban J connectivity index is 1.32. The molecule has 34 heavy (non-hydrogen) atoms. The zero-order valence-corrected chi connectivity index (χ0v) is 20.1. The number of carbonyl (C=O) groups is 2. The molecule has 1 aromatic heterocycles. The molecule has 1 saturated carbocycles. The van der Waals surface area contributed by atoms with Crippen LogP contribution in [-0.2, 0) is 19.4 Å².